The van der Waals surface area contributed by atoms with Crippen molar-refractivity contribution in [2.45, 2.75) is 43.8 Å². The van der Waals surface area contributed by atoms with Gasteiger partial charge in [-0.25, -0.2) is 9.97 Å². The summed E-state index contributed by atoms with van der Waals surface area (Å²) in [4.78, 5) is 8.49. The molecule has 0 saturated carbocycles. The van der Waals surface area contributed by atoms with E-state index in [0.29, 0.717) is 17.0 Å². The molecule has 1 spiro atoms. The van der Waals surface area contributed by atoms with E-state index >= 15 is 0 Å². The summed E-state index contributed by atoms with van der Waals surface area (Å²) in [5, 5.41) is 3.36. The first-order valence-corrected chi connectivity index (χ1v) is 9.00. The summed E-state index contributed by atoms with van der Waals surface area (Å²) >= 11 is 0. The molecular weight excluding hydrogens is 359 g/mol. The second kappa shape index (κ2) is 7.09. The second-order valence-electron chi connectivity index (χ2n) is 6.98. The molecule has 0 radical (unpaired) electrons. The Morgan fingerprint density at radius 3 is 2.70 bits per heavy atom. The number of hydrogen-bond acceptors (Lipinski definition) is 5. The van der Waals surface area contributed by atoms with E-state index in [4.69, 9.17) is 4.74 Å². The topological polar surface area (TPSA) is 56.3 Å². The van der Waals surface area contributed by atoms with E-state index in [0.717, 1.165) is 38.8 Å². The molecule has 5 nitrogen and oxygen atoms in total. The number of piperidine rings is 1. The number of nitrogens with zero attached hydrogens (tertiary/aromatic N) is 2. The van der Waals surface area contributed by atoms with Crippen molar-refractivity contribution in [3.8, 4) is 17.1 Å². The van der Waals surface area contributed by atoms with E-state index in [1.54, 1.807) is 24.5 Å². The van der Waals surface area contributed by atoms with Gasteiger partial charge in [-0.15, -0.1) is 13.2 Å². The third-order valence-electron chi connectivity index (χ3n) is 5.10. The van der Waals surface area contributed by atoms with E-state index in [-0.39, 0.29) is 17.5 Å². The van der Waals surface area contributed by atoms with Gasteiger partial charge in [0.2, 0.25) is 0 Å². The molecule has 1 aromatic heterocycles. The van der Waals surface area contributed by atoms with Crippen LogP contribution in [0.1, 0.15) is 37.4 Å². The van der Waals surface area contributed by atoms with Crippen LogP contribution in [0, 0.1) is 0 Å². The molecule has 1 N–H and O–H groups in total. The van der Waals surface area contributed by atoms with Gasteiger partial charge in [0.25, 0.3) is 0 Å². The average Bonchev–Trinajstić information content (AvgIpc) is 3.05. The number of halogens is 3. The zero-order valence-electron chi connectivity index (χ0n) is 14.6. The SMILES string of the molecule is FC(F)(F)Oc1ccc(-c2ncccn2)c(C2CCC3(CCCNC3)O2)c1. The number of nitrogens with one attached hydrogen (secondary N) is 1. The molecule has 3 heterocycles. The van der Waals surface area contributed by atoms with Crippen LogP contribution in [0.25, 0.3) is 11.4 Å². The second-order valence-corrected chi connectivity index (χ2v) is 6.98. The van der Waals surface area contributed by atoms with Gasteiger partial charge in [0, 0.05) is 24.5 Å². The molecule has 8 heteroatoms. The molecular formula is C19H20F3N3O2. The lowest BCUT2D eigenvalue weighted by molar-refractivity contribution is -0.274. The third-order valence-corrected chi connectivity index (χ3v) is 5.10. The van der Waals surface area contributed by atoms with Crippen LogP contribution in [-0.4, -0.2) is 35.0 Å². The summed E-state index contributed by atoms with van der Waals surface area (Å²) in [7, 11) is 0. The monoisotopic (exact) mass is 379 g/mol. The summed E-state index contributed by atoms with van der Waals surface area (Å²) in [5.41, 5.74) is 1.04. The molecule has 2 aliphatic rings. The van der Waals surface area contributed by atoms with Crippen molar-refractivity contribution in [2.24, 2.45) is 0 Å². The third kappa shape index (κ3) is 4.06. The lowest BCUT2D eigenvalue weighted by Crippen LogP contribution is -2.45. The van der Waals surface area contributed by atoms with Crippen molar-refractivity contribution in [3.05, 3.63) is 42.2 Å². The van der Waals surface area contributed by atoms with Crippen molar-refractivity contribution in [1.29, 1.82) is 0 Å². The Labute approximate surface area is 154 Å². The Hall–Kier alpha value is -2.19. The van der Waals surface area contributed by atoms with E-state index in [2.05, 4.69) is 20.0 Å². The maximum atomic E-state index is 12.7. The normalized spacial score (nSPS) is 25.7. The van der Waals surface area contributed by atoms with Crippen LogP contribution in [0.2, 0.25) is 0 Å². The zero-order valence-corrected chi connectivity index (χ0v) is 14.6. The largest absolute Gasteiger partial charge is 0.573 e. The van der Waals surface area contributed by atoms with Gasteiger partial charge < -0.3 is 14.8 Å². The van der Waals surface area contributed by atoms with Gasteiger partial charge in [-0.05, 0) is 62.1 Å². The van der Waals surface area contributed by atoms with E-state index in [9.17, 15) is 13.2 Å². The summed E-state index contributed by atoms with van der Waals surface area (Å²) in [6.45, 7) is 1.73. The molecule has 2 saturated heterocycles. The van der Waals surface area contributed by atoms with Gasteiger partial charge in [-0.1, -0.05) is 0 Å². The fraction of sp³-hybridized carbons (Fsp3) is 0.474. The van der Waals surface area contributed by atoms with E-state index in [1.807, 2.05) is 0 Å². The molecule has 2 fully saturated rings. The highest BCUT2D eigenvalue weighted by atomic mass is 19.4. The minimum Gasteiger partial charge on any atom is -0.406 e. The predicted molar refractivity (Wildman–Crippen MR) is 92.0 cm³/mol. The molecule has 1 aromatic carbocycles. The van der Waals surface area contributed by atoms with Crippen LogP contribution < -0.4 is 10.1 Å². The number of ether oxygens (including phenoxy) is 2. The van der Waals surface area contributed by atoms with E-state index < -0.39 is 6.36 Å². The minimum atomic E-state index is -4.74. The van der Waals surface area contributed by atoms with Gasteiger partial charge in [-0.3, -0.25) is 0 Å². The maximum absolute atomic E-state index is 12.7. The summed E-state index contributed by atoms with van der Waals surface area (Å²) < 4.78 is 48.5. The predicted octanol–water partition coefficient (Wildman–Crippen LogP) is 4.02. The highest BCUT2D eigenvalue weighted by Gasteiger charge is 2.42. The van der Waals surface area contributed by atoms with Crippen LogP contribution in [0.4, 0.5) is 13.2 Å². The average molecular weight is 379 g/mol. The van der Waals surface area contributed by atoms with Crippen LogP contribution in [0.3, 0.4) is 0 Å². The highest BCUT2D eigenvalue weighted by Crippen LogP contribution is 2.45. The molecule has 2 aromatic rings. The fourth-order valence-corrected chi connectivity index (χ4v) is 3.93. The van der Waals surface area contributed by atoms with Gasteiger partial charge in [0.05, 0.1) is 11.7 Å². The minimum absolute atomic E-state index is 0.251. The molecule has 2 aliphatic heterocycles. The van der Waals surface area contributed by atoms with Crippen molar-refractivity contribution in [2.75, 3.05) is 13.1 Å². The Balaban J connectivity index is 1.69. The van der Waals surface area contributed by atoms with Crippen LogP contribution >= 0.6 is 0 Å². The van der Waals surface area contributed by atoms with Crippen molar-refractivity contribution >= 4 is 0 Å². The van der Waals surface area contributed by atoms with Crippen molar-refractivity contribution in [3.63, 3.8) is 0 Å². The number of aromatic nitrogens is 2. The Morgan fingerprint density at radius 1 is 1.19 bits per heavy atom. The van der Waals surface area contributed by atoms with Gasteiger partial charge in [0.15, 0.2) is 5.82 Å². The van der Waals surface area contributed by atoms with Crippen LogP contribution in [0.5, 0.6) is 5.75 Å². The number of benzene rings is 1. The highest BCUT2D eigenvalue weighted by molar-refractivity contribution is 5.62. The lowest BCUT2D eigenvalue weighted by Gasteiger charge is -2.34. The quantitative estimate of drug-likeness (QED) is 0.873. The summed E-state index contributed by atoms with van der Waals surface area (Å²) in [6.07, 6.45) is 1.72. The van der Waals surface area contributed by atoms with Crippen molar-refractivity contribution in [1.82, 2.24) is 15.3 Å². The zero-order chi connectivity index (χ0) is 18.9. The first-order valence-electron chi connectivity index (χ1n) is 9.00. The molecule has 2 atom stereocenters. The first-order chi connectivity index (χ1) is 12.9. The van der Waals surface area contributed by atoms with Gasteiger partial charge >= 0.3 is 6.36 Å². The number of hydrogen-bond donors (Lipinski definition) is 1. The molecule has 27 heavy (non-hydrogen) atoms. The van der Waals surface area contributed by atoms with Gasteiger partial charge in [0.1, 0.15) is 5.75 Å². The molecule has 144 valence electrons. The standard InChI is InChI=1S/C19H20F3N3O2/c20-19(21,22)26-13-3-4-14(17-24-9-2-10-25-17)15(11-13)16-5-7-18(27-16)6-1-8-23-12-18/h2-4,9-11,16,23H,1,5-8,12H2. The molecule has 0 bridgehead atoms. The number of rotatable bonds is 3. The fourth-order valence-electron chi connectivity index (χ4n) is 3.93. The maximum Gasteiger partial charge on any atom is 0.573 e. The Bertz CT molecular complexity index is 793. The lowest BCUT2D eigenvalue weighted by atomic mass is 9.90. The van der Waals surface area contributed by atoms with Crippen LogP contribution in [-0.2, 0) is 4.74 Å². The molecule has 0 amide bonds. The molecule has 4 rings (SSSR count). The van der Waals surface area contributed by atoms with Gasteiger partial charge in [-0.2, -0.15) is 0 Å². The van der Waals surface area contributed by atoms with E-state index in [1.165, 1.54) is 12.1 Å². The summed E-state index contributed by atoms with van der Waals surface area (Å²) in [5.74, 6) is 0.195. The summed E-state index contributed by atoms with van der Waals surface area (Å²) in [6, 6.07) is 5.95. The smallest absolute Gasteiger partial charge is 0.406 e. The molecule has 2 unspecified atom stereocenters. The Kier molecular flexibility index (Phi) is 4.77. The Morgan fingerprint density at radius 2 is 2.00 bits per heavy atom. The molecule has 0 aliphatic carbocycles. The number of alkyl halides is 3. The van der Waals surface area contributed by atoms with Crippen molar-refractivity contribution < 1.29 is 22.6 Å². The first kappa shape index (κ1) is 18.2. The van der Waals surface area contributed by atoms with Crippen LogP contribution in [0.15, 0.2) is 36.7 Å².